The number of pyridine rings is 1. The van der Waals surface area contributed by atoms with Gasteiger partial charge >= 0.3 is 0 Å². The summed E-state index contributed by atoms with van der Waals surface area (Å²) in [5.41, 5.74) is 1.69. The molecule has 0 radical (unpaired) electrons. The van der Waals surface area contributed by atoms with Gasteiger partial charge in [-0.05, 0) is 50.4 Å². The predicted octanol–water partition coefficient (Wildman–Crippen LogP) is 5.34. The lowest BCUT2D eigenvalue weighted by Crippen LogP contribution is -2.40. The molecule has 2 fully saturated rings. The molecule has 3 aromatic rings. The quantitative estimate of drug-likeness (QED) is 0.274. The number of halogens is 2. The Hall–Kier alpha value is -3.18. The lowest BCUT2D eigenvalue weighted by Gasteiger charge is -2.31. The molecule has 2 N–H and O–H groups in total. The van der Waals surface area contributed by atoms with Crippen LogP contribution in [0.5, 0.6) is 11.5 Å². The summed E-state index contributed by atoms with van der Waals surface area (Å²) in [6.07, 6.45) is 5.39. The number of hydrogen-bond acceptors (Lipinski definition) is 10. The van der Waals surface area contributed by atoms with Crippen molar-refractivity contribution in [3.63, 3.8) is 0 Å². The number of allylic oxidation sites excluding steroid dienone is 1. The van der Waals surface area contributed by atoms with E-state index in [0.29, 0.717) is 75.6 Å². The average Bonchev–Trinajstić information content (AvgIpc) is 3.42. The van der Waals surface area contributed by atoms with Gasteiger partial charge in [0.05, 0.1) is 42.6 Å². The van der Waals surface area contributed by atoms with E-state index in [1.54, 1.807) is 12.3 Å². The summed E-state index contributed by atoms with van der Waals surface area (Å²) < 4.78 is 16.7. The van der Waals surface area contributed by atoms with Crippen LogP contribution in [-0.4, -0.2) is 85.8 Å². The number of ketones is 1. The molecular weight excluding hydrogens is 579 g/mol. The van der Waals surface area contributed by atoms with E-state index >= 15 is 0 Å². The molecule has 0 saturated carbocycles. The van der Waals surface area contributed by atoms with E-state index < -0.39 is 0 Å². The number of hydrogen-bond donors (Lipinski definition) is 2. The van der Waals surface area contributed by atoms with Gasteiger partial charge in [0, 0.05) is 49.3 Å². The van der Waals surface area contributed by atoms with Crippen molar-refractivity contribution in [3.05, 3.63) is 41.0 Å². The minimum Gasteiger partial charge on any atom is -0.495 e. The molecule has 0 amide bonds. The minimum atomic E-state index is -0.111. The first-order valence-corrected chi connectivity index (χ1v) is 14.8. The molecule has 0 spiro atoms. The van der Waals surface area contributed by atoms with Gasteiger partial charge < -0.3 is 29.7 Å². The molecule has 0 aliphatic carbocycles. The zero-order chi connectivity index (χ0) is 29.8. The summed E-state index contributed by atoms with van der Waals surface area (Å²) >= 11 is 13.5. The first-order valence-electron chi connectivity index (χ1n) is 14.0. The Morgan fingerprint density at radius 3 is 2.62 bits per heavy atom. The molecule has 10 nitrogen and oxygen atoms in total. The highest BCUT2D eigenvalue weighted by atomic mass is 35.5. The Morgan fingerprint density at radius 1 is 1.19 bits per heavy atom. The van der Waals surface area contributed by atoms with Crippen LogP contribution in [0.1, 0.15) is 19.3 Å². The van der Waals surface area contributed by atoms with E-state index in [4.69, 9.17) is 47.4 Å². The first-order chi connectivity index (χ1) is 20.3. The highest BCUT2D eigenvalue weighted by Crippen LogP contribution is 2.46. The van der Waals surface area contributed by atoms with Crippen LogP contribution in [0.15, 0.2) is 31.0 Å². The van der Waals surface area contributed by atoms with Gasteiger partial charge in [0.1, 0.15) is 17.0 Å². The van der Waals surface area contributed by atoms with E-state index in [-0.39, 0.29) is 17.7 Å². The molecule has 1 aromatic carbocycles. The van der Waals surface area contributed by atoms with Crippen LogP contribution in [0.25, 0.3) is 22.2 Å². The fourth-order valence-electron chi connectivity index (χ4n) is 5.60. The van der Waals surface area contributed by atoms with Crippen molar-refractivity contribution in [2.24, 2.45) is 11.8 Å². The van der Waals surface area contributed by atoms with Crippen molar-refractivity contribution in [3.8, 4) is 22.8 Å². The highest BCUT2D eigenvalue weighted by Gasteiger charge is 2.28. The molecule has 4 heterocycles. The first kappa shape index (κ1) is 30.3. The van der Waals surface area contributed by atoms with E-state index in [0.717, 1.165) is 37.9 Å². The van der Waals surface area contributed by atoms with Gasteiger partial charge in [-0.3, -0.25) is 4.79 Å². The molecule has 0 bridgehead atoms. The van der Waals surface area contributed by atoms with Crippen molar-refractivity contribution < 1.29 is 19.0 Å². The van der Waals surface area contributed by atoms with Crippen LogP contribution in [0.4, 0.5) is 11.8 Å². The van der Waals surface area contributed by atoms with Crippen molar-refractivity contribution in [2.75, 3.05) is 64.7 Å². The number of carbonyl (C=O) groups is 1. The molecule has 5 rings (SSSR count). The van der Waals surface area contributed by atoms with Gasteiger partial charge in [0.25, 0.3) is 0 Å². The van der Waals surface area contributed by atoms with E-state index in [2.05, 4.69) is 34.1 Å². The molecule has 2 aliphatic rings. The second-order valence-electron chi connectivity index (χ2n) is 10.8. The standard InChI is InChI=1S/C30H36Cl2N6O4/c1-5-20(39)10-18-7-9-42-16-22(18)36-30-34-14-19-11-21(25-26(31)23(40-3)12-24(41-4)27(25)32)35-29(28(19)37-30)33-13-17-6-8-38(2)15-17/h5,11-12,14,17-18,22H,1,6-10,13,15-16H2,2-4H3,(H,33,35)(H,34,36,37)/t17?,18-,22-/m1/s1. The van der Waals surface area contributed by atoms with Gasteiger partial charge in [-0.1, -0.05) is 29.8 Å². The maximum absolute atomic E-state index is 12.1. The summed E-state index contributed by atoms with van der Waals surface area (Å²) in [5.74, 6) is 2.46. The van der Waals surface area contributed by atoms with Crippen LogP contribution in [0, 0.1) is 11.8 Å². The van der Waals surface area contributed by atoms with Crippen molar-refractivity contribution in [2.45, 2.75) is 25.3 Å². The number of ether oxygens (including phenoxy) is 3. The Labute approximate surface area is 255 Å². The molecule has 1 unspecified atom stereocenters. The largest absolute Gasteiger partial charge is 0.495 e. The number of carbonyl (C=O) groups excluding carboxylic acids is 1. The van der Waals surface area contributed by atoms with Gasteiger partial charge in [0.2, 0.25) is 5.95 Å². The lowest BCUT2D eigenvalue weighted by atomic mass is 9.90. The Bertz CT molecular complexity index is 1440. The van der Waals surface area contributed by atoms with Crippen LogP contribution < -0.4 is 20.1 Å². The molecular formula is C30H36Cl2N6O4. The van der Waals surface area contributed by atoms with Crippen molar-refractivity contribution in [1.82, 2.24) is 19.9 Å². The smallest absolute Gasteiger partial charge is 0.223 e. The second kappa shape index (κ2) is 13.4. The highest BCUT2D eigenvalue weighted by molar-refractivity contribution is 6.41. The molecule has 224 valence electrons. The molecule has 12 heteroatoms. The van der Waals surface area contributed by atoms with E-state index in [1.165, 1.54) is 20.3 Å². The number of nitrogens with one attached hydrogen (secondary N) is 2. The topological polar surface area (TPSA) is 111 Å². The summed E-state index contributed by atoms with van der Waals surface area (Å²) in [6, 6.07) is 3.39. The van der Waals surface area contributed by atoms with Gasteiger partial charge in [-0.2, -0.15) is 0 Å². The lowest BCUT2D eigenvalue weighted by molar-refractivity contribution is -0.116. The van der Waals surface area contributed by atoms with Gasteiger partial charge in [-0.15, -0.1) is 0 Å². The maximum Gasteiger partial charge on any atom is 0.223 e. The van der Waals surface area contributed by atoms with Crippen molar-refractivity contribution >= 4 is 51.7 Å². The Morgan fingerprint density at radius 2 is 1.95 bits per heavy atom. The third-order valence-corrected chi connectivity index (χ3v) is 8.70. The van der Waals surface area contributed by atoms with Gasteiger partial charge in [-0.25, -0.2) is 15.0 Å². The zero-order valence-electron chi connectivity index (χ0n) is 24.1. The number of fused-ring (bicyclic) bond motifs is 1. The summed E-state index contributed by atoms with van der Waals surface area (Å²) in [6.45, 7) is 7.48. The van der Waals surface area contributed by atoms with Crippen LogP contribution in [0.3, 0.4) is 0 Å². The third-order valence-electron chi connectivity index (χ3n) is 7.95. The number of anilines is 2. The number of nitrogens with zero attached hydrogens (tertiary/aromatic N) is 4. The van der Waals surface area contributed by atoms with Crippen LogP contribution in [0.2, 0.25) is 10.0 Å². The van der Waals surface area contributed by atoms with Crippen LogP contribution in [-0.2, 0) is 9.53 Å². The third kappa shape index (κ3) is 6.57. The Kier molecular flexibility index (Phi) is 9.67. The number of rotatable bonds is 11. The summed E-state index contributed by atoms with van der Waals surface area (Å²) in [5, 5.41) is 8.36. The van der Waals surface area contributed by atoms with E-state index in [1.807, 2.05) is 6.07 Å². The van der Waals surface area contributed by atoms with E-state index in [9.17, 15) is 4.79 Å². The Balaban J connectivity index is 1.54. The maximum atomic E-state index is 12.1. The monoisotopic (exact) mass is 614 g/mol. The fourth-order valence-corrected chi connectivity index (χ4v) is 6.29. The average molecular weight is 616 g/mol. The van der Waals surface area contributed by atoms with Crippen molar-refractivity contribution in [1.29, 1.82) is 0 Å². The SMILES string of the molecule is C=CC(=O)C[C@H]1CCOC[C@H]1Nc1ncc2cc(-c3c(Cl)c(OC)cc(OC)c3Cl)nc(NCC3CCN(C)C3)c2n1. The molecule has 42 heavy (non-hydrogen) atoms. The minimum absolute atomic E-state index is 0.0143. The molecule has 2 saturated heterocycles. The normalized spacial score (nSPS) is 20.8. The summed E-state index contributed by atoms with van der Waals surface area (Å²) in [7, 11) is 5.20. The number of benzene rings is 1. The van der Waals surface area contributed by atoms with Crippen LogP contribution >= 0.6 is 23.2 Å². The number of aromatic nitrogens is 3. The fraction of sp³-hybridized carbons (Fsp3) is 0.467. The molecule has 2 aliphatic heterocycles. The summed E-state index contributed by atoms with van der Waals surface area (Å²) in [4.78, 5) is 28.9. The number of likely N-dealkylation sites (tertiary alicyclic amines) is 1. The molecule has 3 atom stereocenters. The number of methoxy groups -OCH3 is 2. The molecule has 2 aromatic heterocycles. The second-order valence-corrected chi connectivity index (χ2v) is 11.6. The predicted molar refractivity (Wildman–Crippen MR) is 166 cm³/mol. The van der Waals surface area contributed by atoms with Gasteiger partial charge in [0.15, 0.2) is 11.6 Å². The zero-order valence-corrected chi connectivity index (χ0v) is 25.6.